The summed E-state index contributed by atoms with van der Waals surface area (Å²) in [5.74, 6) is 0.465. The molecule has 2 unspecified atom stereocenters. The smallest absolute Gasteiger partial charge is 0.260 e. The van der Waals surface area contributed by atoms with E-state index in [0.717, 1.165) is 6.42 Å². The molecule has 0 aliphatic carbocycles. The lowest BCUT2D eigenvalue weighted by molar-refractivity contribution is 0.552. The summed E-state index contributed by atoms with van der Waals surface area (Å²) >= 11 is 0. The molecule has 1 aromatic heterocycles. The van der Waals surface area contributed by atoms with Crippen molar-refractivity contribution in [2.24, 2.45) is 0 Å². The Bertz CT molecular complexity index is 576. The Hall–Kier alpha value is -0.990. The number of pyridine rings is 1. The molecule has 1 rings (SSSR count). The maximum atomic E-state index is 12.4. The van der Waals surface area contributed by atoms with Crippen molar-refractivity contribution >= 4 is 26.5 Å². The highest BCUT2D eigenvalue weighted by Gasteiger charge is 2.22. The summed E-state index contributed by atoms with van der Waals surface area (Å²) < 4.78 is 38.4. The molecular weight excluding hydrogens is 310 g/mol. The van der Waals surface area contributed by atoms with E-state index < -0.39 is 20.8 Å². The van der Waals surface area contributed by atoms with E-state index in [0.29, 0.717) is 24.4 Å². The summed E-state index contributed by atoms with van der Waals surface area (Å²) in [6.07, 6.45) is 4.47. The van der Waals surface area contributed by atoms with Crippen molar-refractivity contribution in [3.8, 4) is 0 Å². The zero-order valence-corrected chi connectivity index (χ0v) is 14.3. The van der Waals surface area contributed by atoms with Gasteiger partial charge in [-0.2, -0.15) is 0 Å². The van der Waals surface area contributed by atoms with Gasteiger partial charge in [-0.05, 0) is 31.9 Å². The van der Waals surface area contributed by atoms with Crippen molar-refractivity contribution in [1.82, 2.24) is 9.71 Å². The van der Waals surface area contributed by atoms with Crippen LogP contribution >= 0.6 is 0 Å². The van der Waals surface area contributed by atoms with Crippen LogP contribution in [-0.2, 0) is 20.8 Å². The zero-order chi connectivity index (χ0) is 15.9. The average Bonchev–Trinajstić information content (AvgIpc) is 2.42. The van der Waals surface area contributed by atoms with Crippen LogP contribution in [0.3, 0.4) is 0 Å². The summed E-state index contributed by atoms with van der Waals surface area (Å²) in [5.41, 5.74) is 0.498. The first-order valence-electron chi connectivity index (χ1n) is 6.88. The van der Waals surface area contributed by atoms with Gasteiger partial charge in [-0.25, -0.2) is 18.1 Å². The second-order valence-electron chi connectivity index (χ2n) is 4.87. The van der Waals surface area contributed by atoms with E-state index in [-0.39, 0.29) is 11.1 Å². The van der Waals surface area contributed by atoms with Gasteiger partial charge < -0.3 is 5.32 Å². The van der Waals surface area contributed by atoms with Crippen LogP contribution in [0.25, 0.3) is 0 Å². The molecule has 2 atom stereocenters. The number of hydrogen-bond donors (Lipinski definition) is 2. The Kier molecular flexibility index (Phi) is 7.27. The normalized spacial score (nSPS) is 14.6. The third-order valence-corrected chi connectivity index (χ3v) is 5.14. The van der Waals surface area contributed by atoms with Crippen molar-refractivity contribution in [3.05, 3.63) is 18.3 Å². The average molecular weight is 333 g/mol. The molecule has 8 heteroatoms. The fourth-order valence-corrected chi connectivity index (χ4v) is 3.80. The first kappa shape index (κ1) is 18.1. The van der Waals surface area contributed by atoms with Crippen LogP contribution in [0.2, 0.25) is 0 Å². The lowest BCUT2D eigenvalue weighted by Gasteiger charge is -2.15. The topological polar surface area (TPSA) is 88.2 Å². The van der Waals surface area contributed by atoms with E-state index in [1.807, 2.05) is 6.92 Å². The lowest BCUT2D eigenvalue weighted by atomic mass is 10.3. The van der Waals surface area contributed by atoms with Gasteiger partial charge in [-0.3, -0.25) is 4.21 Å². The van der Waals surface area contributed by atoms with Gasteiger partial charge in [0.05, 0.1) is 5.69 Å². The lowest BCUT2D eigenvalue weighted by Crippen LogP contribution is -2.34. The van der Waals surface area contributed by atoms with Gasteiger partial charge in [-0.15, -0.1) is 0 Å². The Morgan fingerprint density at radius 2 is 2.14 bits per heavy atom. The minimum absolute atomic E-state index is 0.00270. The van der Waals surface area contributed by atoms with E-state index in [4.69, 9.17) is 0 Å². The number of nitrogens with zero attached hydrogens (tertiary/aromatic N) is 1. The standard InChI is InChI=1S/C13H23N3O3S2/c1-4-8-14-12-6-5-9-15-13(12)21(18,19)16-11(2)7-10-20(3)17/h5-6,9,11,14,16H,4,7-8,10H2,1-3H3. The van der Waals surface area contributed by atoms with E-state index in [9.17, 15) is 12.6 Å². The molecule has 2 N–H and O–H groups in total. The Morgan fingerprint density at radius 1 is 1.43 bits per heavy atom. The third kappa shape index (κ3) is 6.11. The molecule has 120 valence electrons. The largest absolute Gasteiger partial charge is 0.383 e. The SMILES string of the molecule is CCCNc1cccnc1S(=O)(=O)NC(C)CCS(C)=O. The van der Waals surface area contributed by atoms with Gasteiger partial charge in [0.15, 0.2) is 5.03 Å². The van der Waals surface area contributed by atoms with Gasteiger partial charge in [0.25, 0.3) is 10.0 Å². The molecule has 0 amide bonds. The van der Waals surface area contributed by atoms with Crippen molar-refractivity contribution in [2.45, 2.75) is 37.8 Å². The number of rotatable bonds is 9. The molecule has 21 heavy (non-hydrogen) atoms. The molecule has 6 nitrogen and oxygen atoms in total. The first-order valence-corrected chi connectivity index (χ1v) is 10.1. The maximum absolute atomic E-state index is 12.4. The van der Waals surface area contributed by atoms with Gasteiger partial charge in [-0.1, -0.05) is 6.92 Å². The molecule has 0 fully saturated rings. The van der Waals surface area contributed by atoms with Gasteiger partial charge in [0.1, 0.15) is 0 Å². The van der Waals surface area contributed by atoms with E-state index in [1.165, 1.54) is 6.20 Å². The van der Waals surface area contributed by atoms with Crippen molar-refractivity contribution in [2.75, 3.05) is 23.9 Å². The van der Waals surface area contributed by atoms with Crippen molar-refractivity contribution in [1.29, 1.82) is 0 Å². The van der Waals surface area contributed by atoms with Gasteiger partial charge >= 0.3 is 0 Å². The quantitative estimate of drug-likeness (QED) is 0.712. The Labute approximate surface area is 129 Å². The summed E-state index contributed by atoms with van der Waals surface area (Å²) in [6.45, 7) is 4.44. The van der Waals surface area contributed by atoms with Gasteiger partial charge in [0.2, 0.25) is 0 Å². The molecule has 0 spiro atoms. The molecule has 0 aliphatic rings. The molecule has 0 aliphatic heterocycles. The molecule has 1 heterocycles. The fraction of sp³-hybridized carbons (Fsp3) is 0.615. The number of aromatic nitrogens is 1. The Morgan fingerprint density at radius 3 is 2.76 bits per heavy atom. The number of sulfonamides is 1. The molecule has 0 bridgehead atoms. The third-order valence-electron chi connectivity index (χ3n) is 2.79. The number of hydrogen-bond acceptors (Lipinski definition) is 5. The van der Waals surface area contributed by atoms with Crippen LogP contribution in [0, 0.1) is 0 Å². The second-order valence-corrected chi connectivity index (χ2v) is 8.06. The molecule has 0 saturated carbocycles. The summed E-state index contributed by atoms with van der Waals surface area (Å²) in [4.78, 5) is 3.98. The predicted octanol–water partition coefficient (Wildman–Crippen LogP) is 1.34. The highest BCUT2D eigenvalue weighted by Crippen LogP contribution is 2.18. The first-order chi connectivity index (χ1) is 9.86. The van der Waals surface area contributed by atoms with Crippen LogP contribution in [-0.4, -0.2) is 42.2 Å². The van der Waals surface area contributed by atoms with E-state index in [1.54, 1.807) is 25.3 Å². The van der Waals surface area contributed by atoms with Crippen LogP contribution in [0.15, 0.2) is 23.4 Å². The van der Waals surface area contributed by atoms with Crippen LogP contribution in [0.4, 0.5) is 5.69 Å². The highest BCUT2D eigenvalue weighted by molar-refractivity contribution is 7.89. The van der Waals surface area contributed by atoms with Crippen LogP contribution in [0.5, 0.6) is 0 Å². The monoisotopic (exact) mass is 333 g/mol. The van der Waals surface area contributed by atoms with Crippen LogP contribution < -0.4 is 10.0 Å². The molecule has 0 aromatic carbocycles. The molecule has 0 radical (unpaired) electrons. The number of anilines is 1. The molecule has 1 aromatic rings. The minimum atomic E-state index is -3.69. The second kappa shape index (κ2) is 8.45. The van der Waals surface area contributed by atoms with Crippen molar-refractivity contribution in [3.63, 3.8) is 0 Å². The Balaban J connectivity index is 2.84. The maximum Gasteiger partial charge on any atom is 0.260 e. The highest BCUT2D eigenvalue weighted by atomic mass is 32.2. The summed E-state index contributed by atoms with van der Waals surface area (Å²) in [6, 6.07) is 3.10. The van der Waals surface area contributed by atoms with E-state index >= 15 is 0 Å². The fourth-order valence-electron chi connectivity index (χ4n) is 1.72. The minimum Gasteiger partial charge on any atom is -0.383 e. The predicted molar refractivity (Wildman–Crippen MR) is 86.4 cm³/mol. The van der Waals surface area contributed by atoms with E-state index in [2.05, 4.69) is 15.0 Å². The zero-order valence-electron chi connectivity index (χ0n) is 12.6. The summed E-state index contributed by atoms with van der Waals surface area (Å²) in [5, 5.41) is 3.06. The molecule has 0 saturated heterocycles. The van der Waals surface area contributed by atoms with Crippen molar-refractivity contribution < 1.29 is 12.6 Å². The summed E-state index contributed by atoms with van der Waals surface area (Å²) in [7, 11) is -4.62. The number of nitrogens with one attached hydrogen (secondary N) is 2. The molecular formula is C13H23N3O3S2. The van der Waals surface area contributed by atoms with Gasteiger partial charge in [0, 0.05) is 41.6 Å². The van der Waals surface area contributed by atoms with Crippen LogP contribution in [0.1, 0.15) is 26.7 Å².